The van der Waals surface area contributed by atoms with Crippen molar-refractivity contribution < 1.29 is 19.4 Å². The Hall–Kier alpha value is -2.53. The summed E-state index contributed by atoms with van der Waals surface area (Å²) in [7, 11) is 0. The van der Waals surface area contributed by atoms with E-state index in [9.17, 15) is 9.59 Å². The smallest absolute Gasteiger partial charge is 0.303 e. The number of ether oxygens (including phenoxy) is 1. The SMILES string of the molecule is CCCCCCOc1ccc(/C=C2\Sc3cc(CCC(=O)O)ccc3C2=O)cc1. The third kappa shape index (κ3) is 5.97. The first-order valence-corrected chi connectivity index (χ1v) is 10.9. The van der Waals surface area contributed by atoms with Crippen LogP contribution < -0.4 is 4.74 Å². The Morgan fingerprint density at radius 3 is 2.62 bits per heavy atom. The molecule has 4 nitrogen and oxygen atoms in total. The summed E-state index contributed by atoms with van der Waals surface area (Å²) in [6.45, 7) is 2.92. The zero-order chi connectivity index (χ0) is 20.6. The van der Waals surface area contributed by atoms with Crippen molar-refractivity contribution in [2.45, 2.75) is 50.3 Å². The highest BCUT2D eigenvalue weighted by molar-refractivity contribution is 8.04. The van der Waals surface area contributed by atoms with Crippen LogP contribution in [0.5, 0.6) is 5.75 Å². The molecular weight excluding hydrogens is 384 g/mol. The van der Waals surface area contributed by atoms with E-state index in [1.165, 1.54) is 31.0 Å². The fraction of sp³-hybridized carbons (Fsp3) is 0.333. The van der Waals surface area contributed by atoms with Gasteiger partial charge >= 0.3 is 5.97 Å². The van der Waals surface area contributed by atoms with E-state index in [1.807, 2.05) is 42.5 Å². The van der Waals surface area contributed by atoms with Crippen molar-refractivity contribution in [2.24, 2.45) is 0 Å². The number of carbonyl (C=O) groups excluding carboxylic acids is 1. The molecule has 0 fully saturated rings. The fourth-order valence-electron chi connectivity index (χ4n) is 3.17. The molecule has 0 atom stereocenters. The Balaban J connectivity index is 1.61. The molecule has 1 N–H and O–H groups in total. The standard InChI is InChI=1S/C24H26O4S/c1-2-3-4-5-14-28-19-10-6-17(7-11-19)16-22-24(27)20-12-8-18(9-13-23(25)26)15-21(20)29-22/h6-8,10-12,15-16H,2-5,9,13-14H2,1H3,(H,25,26)/b22-16-. The quantitative estimate of drug-likeness (QED) is 0.385. The van der Waals surface area contributed by atoms with Crippen LogP contribution >= 0.6 is 11.8 Å². The highest BCUT2D eigenvalue weighted by atomic mass is 32.2. The van der Waals surface area contributed by atoms with Gasteiger partial charge in [-0.1, -0.05) is 56.1 Å². The van der Waals surface area contributed by atoms with Crippen molar-refractivity contribution in [3.05, 3.63) is 64.1 Å². The van der Waals surface area contributed by atoms with Gasteiger partial charge in [0.15, 0.2) is 0 Å². The summed E-state index contributed by atoms with van der Waals surface area (Å²) in [6, 6.07) is 13.4. The second-order valence-electron chi connectivity index (χ2n) is 7.14. The summed E-state index contributed by atoms with van der Waals surface area (Å²) < 4.78 is 5.77. The number of Topliss-reactive ketones (excluding diaryl/α,β-unsaturated/α-hetero) is 1. The number of unbranched alkanes of at least 4 members (excludes halogenated alkanes) is 3. The van der Waals surface area contributed by atoms with Crippen LogP contribution in [0, 0.1) is 0 Å². The maximum absolute atomic E-state index is 12.7. The maximum atomic E-state index is 12.7. The topological polar surface area (TPSA) is 63.6 Å². The zero-order valence-electron chi connectivity index (χ0n) is 16.6. The lowest BCUT2D eigenvalue weighted by atomic mass is 10.0. The van der Waals surface area contributed by atoms with Gasteiger partial charge in [-0.15, -0.1) is 0 Å². The van der Waals surface area contributed by atoms with E-state index < -0.39 is 5.97 Å². The lowest BCUT2D eigenvalue weighted by Crippen LogP contribution is -1.98. The van der Waals surface area contributed by atoms with Crippen LogP contribution in [-0.2, 0) is 11.2 Å². The molecule has 1 aliphatic heterocycles. The predicted octanol–water partition coefficient (Wildman–Crippen LogP) is 5.99. The lowest BCUT2D eigenvalue weighted by Gasteiger charge is -2.06. The summed E-state index contributed by atoms with van der Waals surface area (Å²) in [4.78, 5) is 25.0. The van der Waals surface area contributed by atoms with E-state index in [0.29, 0.717) is 16.9 Å². The average molecular weight is 411 g/mol. The first kappa shape index (κ1) is 21.2. The molecule has 0 aliphatic carbocycles. The number of thioether (sulfide) groups is 1. The maximum Gasteiger partial charge on any atom is 0.303 e. The zero-order valence-corrected chi connectivity index (χ0v) is 17.5. The van der Waals surface area contributed by atoms with Gasteiger partial charge in [0, 0.05) is 16.9 Å². The summed E-state index contributed by atoms with van der Waals surface area (Å²) in [5, 5.41) is 8.84. The molecule has 0 bridgehead atoms. The van der Waals surface area contributed by atoms with Gasteiger partial charge < -0.3 is 9.84 Å². The number of rotatable bonds is 10. The number of carboxylic acids is 1. The van der Waals surface area contributed by atoms with Gasteiger partial charge in [0.2, 0.25) is 5.78 Å². The largest absolute Gasteiger partial charge is 0.494 e. The second kappa shape index (κ2) is 10.3. The molecule has 0 saturated heterocycles. The van der Waals surface area contributed by atoms with Crippen LogP contribution in [-0.4, -0.2) is 23.5 Å². The summed E-state index contributed by atoms with van der Waals surface area (Å²) in [5.41, 5.74) is 2.58. The number of aliphatic carboxylic acids is 1. The Labute approximate surface area is 176 Å². The van der Waals surface area contributed by atoms with Crippen LogP contribution in [0.2, 0.25) is 0 Å². The third-order valence-corrected chi connectivity index (χ3v) is 5.89. The number of carbonyl (C=O) groups is 2. The molecule has 2 aromatic rings. The van der Waals surface area contributed by atoms with Crippen molar-refractivity contribution in [2.75, 3.05) is 6.61 Å². The number of benzene rings is 2. The Morgan fingerprint density at radius 1 is 1.10 bits per heavy atom. The van der Waals surface area contributed by atoms with E-state index in [0.717, 1.165) is 34.8 Å². The van der Waals surface area contributed by atoms with Crippen molar-refractivity contribution in [1.29, 1.82) is 0 Å². The first-order chi connectivity index (χ1) is 14.1. The summed E-state index contributed by atoms with van der Waals surface area (Å²) in [6.07, 6.45) is 7.17. The highest BCUT2D eigenvalue weighted by Crippen LogP contribution is 2.41. The van der Waals surface area contributed by atoms with E-state index in [1.54, 1.807) is 6.07 Å². The van der Waals surface area contributed by atoms with Gasteiger partial charge in [0.1, 0.15) is 5.75 Å². The Bertz CT molecular complexity index is 900. The van der Waals surface area contributed by atoms with Gasteiger partial charge in [-0.25, -0.2) is 0 Å². The molecule has 29 heavy (non-hydrogen) atoms. The molecule has 0 radical (unpaired) electrons. The number of fused-ring (bicyclic) bond motifs is 1. The normalized spacial score (nSPS) is 14.2. The summed E-state index contributed by atoms with van der Waals surface area (Å²) in [5.74, 6) is 0.0506. The predicted molar refractivity (Wildman–Crippen MR) is 117 cm³/mol. The van der Waals surface area contributed by atoms with Crippen LogP contribution in [0.25, 0.3) is 6.08 Å². The fourth-order valence-corrected chi connectivity index (χ4v) is 4.28. The molecule has 0 amide bonds. The molecule has 1 aliphatic rings. The first-order valence-electron chi connectivity index (χ1n) is 10.1. The highest BCUT2D eigenvalue weighted by Gasteiger charge is 2.26. The lowest BCUT2D eigenvalue weighted by molar-refractivity contribution is -0.136. The molecule has 3 rings (SSSR count). The molecule has 0 spiro atoms. The van der Waals surface area contributed by atoms with Crippen molar-refractivity contribution in [3.63, 3.8) is 0 Å². The van der Waals surface area contributed by atoms with E-state index in [4.69, 9.17) is 9.84 Å². The monoisotopic (exact) mass is 410 g/mol. The van der Waals surface area contributed by atoms with Crippen LogP contribution in [0.15, 0.2) is 52.3 Å². The number of aryl methyl sites for hydroxylation is 1. The minimum atomic E-state index is -0.816. The van der Waals surface area contributed by atoms with Crippen molar-refractivity contribution in [3.8, 4) is 5.75 Å². The number of carboxylic acid groups (broad SMARTS) is 1. The van der Waals surface area contributed by atoms with Gasteiger partial charge in [-0.2, -0.15) is 0 Å². The van der Waals surface area contributed by atoms with Gasteiger partial charge in [0.05, 0.1) is 11.5 Å². The molecule has 0 unspecified atom stereocenters. The summed E-state index contributed by atoms with van der Waals surface area (Å²) >= 11 is 1.45. The minimum absolute atomic E-state index is 0.0195. The van der Waals surface area contributed by atoms with Crippen molar-refractivity contribution >= 4 is 29.6 Å². The molecule has 5 heteroatoms. The van der Waals surface area contributed by atoms with E-state index in [2.05, 4.69) is 6.92 Å². The number of allylic oxidation sites excluding steroid dienone is 1. The van der Waals surface area contributed by atoms with E-state index in [-0.39, 0.29) is 12.2 Å². The van der Waals surface area contributed by atoms with Gasteiger partial charge in [-0.3, -0.25) is 9.59 Å². The van der Waals surface area contributed by atoms with Crippen molar-refractivity contribution in [1.82, 2.24) is 0 Å². The average Bonchev–Trinajstić information content (AvgIpc) is 3.02. The van der Waals surface area contributed by atoms with Crippen LogP contribution in [0.1, 0.15) is 60.5 Å². The molecule has 1 heterocycles. The molecule has 0 aromatic heterocycles. The molecule has 2 aromatic carbocycles. The second-order valence-corrected chi connectivity index (χ2v) is 8.23. The molecular formula is C24H26O4S. The Kier molecular flexibility index (Phi) is 7.53. The minimum Gasteiger partial charge on any atom is -0.494 e. The van der Waals surface area contributed by atoms with Crippen LogP contribution in [0.3, 0.4) is 0 Å². The number of hydrogen-bond acceptors (Lipinski definition) is 4. The number of ketones is 1. The molecule has 152 valence electrons. The Morgan fingerprint density at radius 2 is 1.90 bits per heavy atom. The van der Waals surface area contributed by atoms with Crippen LogP contribution in [0.4, 0.5) is 0 Å². The number of hydrogen-bond donors (Lipinski definition) is 1. The van der Waals surface area contributed by atoms with Gasteiger partial charge in [0.25, 0.3) is 0 Å². The van der Waals surface area contributed by atoms with Gasteiger partial charge in [-0.05, 0) is 54.3 Å². The molecule has 0 saturated carbocycles. The third-order valence-electron chi connectivity index (χ3n) is 4.81. The van der Waals surface area contributed by atoms with E-state index >= 15 is 0 Å².